The van der Waals surface area contributed by atoms with Gasteiger partial charge in [0.05, 0.1) is 5.38 Å². The fourth-order valence-corrected chi connectivity index (χ4v) is 2.67. The molecule has 4 heteroatoms. The summed E-state index contributed by atoms with van der Waals surface area (Å²) in [7, 11) is 0. The Morgan fingerprint density at radius 3 is 2.32 bits per heavy atom. The van der Waals surface area contributed by atoms with Crippen LogP contribution in [0, 0.1) is 18.6 Å². The number of benzene rings is 2. The van der Waals surface area contributed by atoms with Crippen LogP contribution in [0.3, 0.4) is 0 Å². The molecule has 0 spiro atoms. The molecule has 0 aliphatic carbocycles. The van der Waals surface area contributed by atoms with Gasteiger partial charge in [0.1, 0.15) is 11.6 Å². The molecule has 0 fully saturated rings. The molecule has 2 aromatic carbocycles. The number of halogens is 4. The van der Waals surface area contributed by atoms with E-state index in [1.165, 1.54) is 18.2 Å². The molecule has 0 aliphatic rings. The third kappa shape index (κ3) is 3.26. The maximum absolute atomic E-state index is 13.6. The minimum Gasteiger partial charge on any atom is -0.207 e. The van der Waals surface area contributed by atoms with E-state index in [4.69, 9.17) is 23.2 Å². The van der Waals surface area contributed by atoms with Crippen molar-refractivity contribution in [1.29, 1.82) is 0 Å². The molecule has 19 heavy (non-hydrogen) atoms. The van der Waals surface area contributed by atoms with Gasteiger partial charge in [-0.1, -0.05) is 29.8 Å². The molecule has 2 aromatic rings. The smallest absolute Gasteiger partial charge is 0.129 e. The highest BCUT2D eigenvalue weighted by Crippen LogP contribution is 2.32. The highest BCUT2D eigenvalue weighted by Gasteiger charge is 2.17. The minimum atomic E-state index is -0.589. The first-order chi connectivity index (χ1) is 8.99. The van der Waals surface area contributed by atoms with Gasteiger partial charge >= 0.3 is 0 Å². The third-order valence-electron chi connectivity index (χ3n) is 2.94. The Kier molecular flexibility index (Phi) is 4.43. The molecule has 0 nitrogen and oxygen atoms in total. The van der Waals surface area contributed by atoms with E-state index in [0.717, 1.165) is 5.56 Å². The molecular weight excluding hydrogens is 289 g/mol. The Bertz CT molecular complexity index is 576. The summed E-state index contributed by atoms with van der Waals surface area (Å²) in [4.78, 5) is 0. The SMILES string of the molecule is Cc1ccc(C(Cl)Cc2c(F)cccc2F)c(Cl)c1. The van der Waals surface area contributed by atoms with Gasteiger partial charge in [-0.2, -0.15) is 0 Å². The van der Waals surface area contributed by atoms with Crippen molar-refractivity contribution in [3.8, 4) is 0 Å². The number of aryl methyl sites for hydroxylation is 1. The Morgan fingerprint density at radius 2 is 1.74 bits per heavy atom. The predicted molar refractivity (Wildman–Crippen MR) is 74.8 cm³/mol. The zero-order valence-corrected chi connectivity index (χ0v) is 11.8. The zero-order valence-electron chi connectivity index (χ0n) is 10.3. The van der Waals surface area contributed by atoms with Crippen molar-refractivity contribution < 1.29 is 8.78 Å². The highest BCUT2D eigenvalue weighted by molar-refractivity contribution is 6.32. The topological polar surface area (TPSA) is 0 Å². The van der Waals surface area contributed by atoms with Crippen LogP contribution in [-0.2, 0) is 6.42 Å². The van der Waals surface area contributed by atoms with Crippen molar-refractivity contribution in [2.75, 3.05) is 0 Å². The molecule has 1 unspecified atom stereocenters. The first-order valence-corrected chi connectivity index (χ1v) is 6.63. The summed E-state index contributed by atoms with van der Waals surface area (Å²) in [5, 5.41) is -0.0590. The van der Waals surface area contributed by atoms with E-state index >= 15 is 0 Å². The Hall–Kier alpha value is -1.12. The van der Waals surface area contributed by atoms with Crippen LogP contribution in [0.1, 0.15) is 22.1 Å². The Labute approximate surface area is 121 Å². The molecule has 0 heterocycles. The molecule has 0 amide bonds. The van der Waals surface area contributed by atoms with Gasteiger partial charge in [-0.05, 0) is 42.7 Å². The van der Waals surface area contributed by atoms with Crippen molar-refractivity contribution in [3.63, 3.8) is 0 Å². The van der Waals surface area contributed by atoms with E-state index in [0.29, 0.717) is 10.6 Å². The number of hydrogen-bond donors (Lipinski definition) is 0. The van der Waals surface area contributed by atoms with Crippen molar-refractivity contribution >= 4 is 23.2 Å². The molecular formula is C15H12Cl2F2. The predicted octanol–water partition coefficient (Wildman–Crippen LogP) is 5.45. The third-order valence-corrected chi connectivity index (χ3v) is 3.66. The Balaban J connectivity index is 2.28. The second-order valence-electron chi connectivity index (χ2n) is 4.40. The van der Waals surface area contributed by atoms with Crippen LogP contribution in [0.25, 0.3) is 0 Å². The van der Waals surface area contributed by atoms with Gasteiger partial charge in [-0.25, -0.2) is 8.78 Å². The monoisotopic (exact) mass is 300 g/mol. The lowest BCUT2D eigenvalue weighted by molar-refractivity contribution is 0.553. The van der Waals surface area contributed by atoms with Gasteiger partial charge in [0.2, 0.25) is 0 Å². The van der Waals surface area contributed by atoms with Crippen molar-refractivity contribution in [2.24, 2.45) is 0 Å². The lowest BCUT2D eigenvalue weighted by Crippen LogP contribution is -2.02. The van der Waals surface area contributed by atoms with Crippen LogP contribution < -0.4 is 0 Å². The van der Waals surface area contributed by atoms with Crippen LogP contribution in [0.15, 0.2) is 36.4 Å². The minimum absolute atomic E-state index is 0.0147. The molecule has 0 aliphatic heterocycles. The van der Waals surface area contributed by atoms with Crippen LogP contribution in [0.2, 0.25) is 5.02 Å². The fourth-order valence-electron chi connectivity index (χ4n) is 1.90. The average molecular weight is 301 g/mol. The zero-order chi connectivity index (χ0) is 14.0. The van der Waals surface area contributed by atoms with Crippen molar-refractivity contribution in [1.82, 2.24) is 0 Å². The van der Waals surface area contributed by atoms with Crippen LogP contribution in [-0.4, -0.2) is 0 Å². The van der Waals surface area contributed by atoms with Crippen LogP contribution in [0.4, 0.5) is 8.78 Å². The highest BCUT2D eigenvalue weighted by atomic mass is 35.5. The molecule has 0 N–H and O–H groups in total. The largest absolute Gasteiger partial charge is 0.207 e. The maximum Gasteiger partial charge on any atom is 0.129 e. The van der Waals surface area contributed by atoms with Gasteiger partial charge in [-0.15, -0.1) is 11.6 Å². The normalized spacial score (nSPS) is 12.5. The summed E-state index contributed by atoms with van der Waals surface area (Å²) in [6, 6.07) is 9.21. The van der Waals surface area contributed by atoms with E-state index in [-0.39, 0.29) is 12.0 Å². The van der Waals surface area contributed by atoms with Crippen molar-refractivity contribution in [2.45, 2.75) is 18.7 Å². The molecule has 0 bridgehead atoms. The van der Waals surface area contributed by atoms with Gasteiger partial charge in [0, 0.05) is 10.6 Å². The van der Waals surface area contributed by atoms with E-state index in [1.54, 1.807) is 12.1 Å². The fraction of sp³-hybridized carbons (Fsp3) is 0.200. The summed E-state index contributed by atoms with van der Waals surface area (Å²) in [6.45, 7) is 1.91. The molecule has 0 aromatic heterocycles. The molecule has 0 radical (unpaired) electrons. The van der Waals surface area contributed by atoms with Crippen LogP contribution in [0.5, 0.6) is 0 Å². The number of hydrogen-bond acceptors (Lipinski definition) is 0. The molecule has 1 atom stereocenters. The summed E-state index contributed by atoms with van der Waals surface area (Å²) in [6.07, 6.45) is 0.0584. The molecule has 2 rings (SSSR count). The standard InChI is InChI=1S/C15H12Cl2F2/c1-9-5-6-10(12(16)7-9)13(17)8-11-14(18)3-2-4-15(11)19/h2-7,13H,8H2,1H3. The average Bonchev–Trinajstić information content (AvgIpc) is 2.33. The molecule has 100 valence electrons. The lowest BCUT2D eigenvalue weighted by atomic mass is 10.0. The summed E-state index contributed by atoms with van der Waals surface area (Å²) >= 11 is 12.3. The maximum atomic E-state index is 13.6. The van der Waals surface area contributed by atoms with Gasteiger partial charge in [0.15, 0.2) is 0 Å². The lowest BCUT2D eigenvalue weighted by Gasteiger charge is -2.13. The summed E-state index contributed by atoms with van der Waals surface area (Å²) in [5.41, 5.74) is 1.67. The van der Waals surface area contributed by atoms with Gasteiger partial charge < -0.3 is 0 Å². The van der Waals surface area contributed by atoms with Crippen LogP contribution >= 0.6 is 23.2 Å². The first kappa shape index (κ1) is 14.3. The first-order valence-electron chi connectivity index (χ1n) is 5.82. The van der Waals surface area contributed by atoms with E-state index in [2.05, 4.69) is 0 Å². The second-order valence-corrected chi connectivity index (χ2v) is 5.33. The Morgan fingerprint density at radius 1 is 1.11 bits per heavy atom. The summed E-state index contributed by atoms with van der Waals surface area (Å²) < 4.78 is 27.1. The second kappa shape index (κ2) is 5.89. The van der Waals surface area contributed by atoms with Gasteiger partial charge in [0.25, 0.3) is 0 Å². The molecule has 0 saturated carbocycles. The molecule has 0 saturated heterocycles. The van der Waals surface area contributed by atoms with E-state index in [1.807, 2.05) is 13.0 Å². The number of alkyl halides is 1. The van der Waals surface area contributed by atoms with E-state index < -0.39 is 17.0 Å². The quantitative estimate of drug-likeness (QED) is 0.661. The van der Waals surface area contributed by atoms with Gasteiger partial charge in [-0.3, -0.25) is 0 Å². The van der Waals surface area contributed by atoms with E-state index in [9.17, 15) is 8.78 Å². The summed E-state index contributed by atoms with van der Waals surface area (Å²) in [5.74, 6) is -1.18. The number of rotatable bonds is 3. The van der Waals surface area contributed by atoms with Crippen molar-refractivity contribution in [3.05, 3.63) is 69.7 Å².